The standard InChI is InChI=1S/C21H23N5O3/c1-13-18(20(27)25-14-7-5-4-6-8-14)19(26-21(24-13)22-12-23-26)16-11-15(28-2)9-10-17(16)29-3/h4-13,18-19H,1-3H3,(H,25,27)(H,22,23,24)/t13-,18-,19+/m1/s1. The number of hydrogen-bond donors (Lipinski definition) is 2. The summed E-state index contributed by atoms with van der Waals surface area (Å²) in [4.78, 5) is 17.7. The largest absolute Gasteiger partial charge is 0.497 e. The molecule has 0 spiro atoms. The molecule has 1 aliphatic heterocycles. The normalized spacial score (nSPS) is 20.3. The van der Waals surface area contributed by atoms with Crippen molar-refractivity contribution in [1.29, 1.82) is 0 Å². The third-order valence-electron chi connectivity index (χ3n) is 5.17. The SMILES string of the molecule is COc1ccc(OC)c([C@H]2[C@H](C(=O)Nc3ccccc3)[C@@H](C)Nc3ncnn32)c1. The number of benzene rings is 2. The Morgan fingerprint density at radius 3 is 2.66 bits per heavy atom. The van der Waals surface area contributed by atoms with Gasteiger partial charge in [0.05, 0.1) is 26.2 Å². The lowest BCUT2D eigenvalue weighted by molar-refractivity contribution is -0.121. The van der Waals surface area contributed by atoms with Gasteiger partial charge in [0, 0.05) is 17.3 Å². The Kier molecular flexibility index (Phi) is 5.07. The van der Waals surface area contributed by atoms with E-state index in [0.717, 1.165) is 11.3 Å². The van der Waals surface area contributed by atoms with Crippen molar-refractivity contribution in [2.75, 3.05) is 24.9 Å². The lowest BCUT2D eigenvalue weighted by Crippen LogP contribution is -2.46. The molecule has 3 aromatic rings. The Balaban J connectivity index is 1.80. The highest BCUT2D eigenvalue weighted by Crippen LogP contribution is 2.41. The van der Waals surface area contributed by atoms with Gasteiger partial charge >= 0.3 is 0 Å². The number of amides is 1. The van der Waals surface area contributed by atoms with Crippen LogP contribution >= 0.6 is 0 Å². The number of nitrogens with one attached hydrogen (secondary N) is 2. The molecule has 0 saturated heterocycles. The van der Waals surface area contributed by atoms with Crippen LogP contribution in [0.25, 0.3) is 0 Å². The maximum absolute atomic E-state index is 13.4. The molecule has 0 unspecified atom stereocenters. The summed E-state index contributed by atoms with van der Waals surface area (Å²) in [6.45, 7) is 1.97. The molecule has 0 radical (unpaired) electrons. The Morgan fingerprint density at radius 2 is 1.93 bits per heavy atom. The fourth-order valence-electron chi connectivity index (χ4n) is 3.79. The van der Waals surface area contributed by atoms with E-state index in [-0.39, 0.29) is 11.9 Å². The van der Waals surface area contributed by atoms with Crippen LogP contribution in [-0.4, -0.2) is 40.9 Å². The molecular weight excluding hydrogens is 370 g/mol. The predicted octanol–water partition coefficient (Wildman–Crippen LogP) is 2.95. The van der Waals surface area contributed by atoms with E-state index in [1.54, 1.807) is 18.9 Å². The van der Waals surface area contributed by atoms with Crippen LogP contribution in [0.2, 0.25) is 0 Å². The summed E-state index contributed by atoms with van der Waals surface area (Å²) < 4.78 is 12.7. The van der Waals surface area contributed by atoms with Crippen molar-refractivity contribution in [3.63, 3.8) is 0 Å². The molecule has 2 N–H and O–H groups in total. The molecule has 0 bridgehead atoms. The number of carbonyl (C=O) groups is 1. The molecule has 1 aromatic heterocycles. The van der Waals surface area contributed by atoms with Crippen molar-refractivity contribution in [2.24, 2.45) is 5.92 Å². The second-order valence-electron chi connectivity index (χ2n) is 6.90. The molecule has 8 heteroatoms. The van der Waals surface area contributed by atoms with Gasteiger partial charge in [0.25, 0.3) is 0 Å². The molecule has 0 aliphatic carbocycles. The molecule has 8 nitrogen and oxygen atoms in total. The molecule has 2 aromatic carbocycles. The van der Waals surface area contributed by atoms with Gasteiger partial charge in [-0.2, -0.15) is 10.1 Å². The predicted molar refractivity (Wildman–Crippen MR) is 109 cm³/mol. The zero-order valence-electron chi connectivity index (χ0n) is 16.5. The zero-order valence-corrected chi connectivity index (χ0v) is 16.5. The maximum Gasteiger partial charge on any atom is 0.232 e. The van der Waals surface area contributed by atoms with Crippen molar-refractivity contribution in [1.82, 2.24) is 14.8 Å². The van der Waals surface area contributed by atoms with Crippen molar-refractivity contribution in [2.45, 2.75) is 19.0 Å². The highest BCUT2D eigenvalue weighted by Gasteiger charge is 2.42. The summed E-state index contributed by atoms with van der Waals surface area (Å²) in [7, 11) is 3.22. The van der Waals surface area contributed by atoms with Crippen molar-refractivity contribution in [3.05, 3.63) is 60.4 Å². The number of nitrogens with zero attached hydrogens (tertiary/aromatic N) is 3. The number of hydrogen-bond acceptors (Lipinski definition) is 6. The topological polar surface area (TPSA) is 90.3 Å². The van der Waals surface area contributed by atoms with E-state index in [2.05, 4.69) is 20.7 Å². The van der Waals surface area contributed by atoms with Crippen molar-refractivity contribution < 1.29 is 14.3 Å². The smallest absolute Gasteiger partial charge is 0.232 e. The first-order valence-corrected chi connectivity index (χ1v) is 9.36. The summed E-state index contributed by atoms with van der Waals surface area (Å²) in [5, 5.41) is 10.7. The molecular formula is C21H23N5O3. The number of aromatic nitrogens is 3. The van der Waals surface area contributed by atoms with E-state index in [4.69, 9.17) is 9.47 Å². The lowest BCUT2D eigenvalue weighted by atomic mass is 9.85. The van der Waals surface area contributed by atoms with Crippen LogP contribution in [0.4, 0.5) is 11.6 Å². The Hall–Kier alpha value is -3.55. The van der Waals surface area contributed by atoms with E-state index in [1.807, 2.05) is 55.5 Å². The van der Waals surface area contributed by atoms with Gasteiger partial charge in [-0.25, -0.2) is 4.68 Å². The quantitative estimate of drug-likeness (QED) is 0.693. The third-order valence-corrected chi connectivity index (χ3v) is 5.17. The highest BCUT2D eigenvalue weighted by molar-refractivity contribution is 5.94. The van der Waals surface area contributed by atoms with Gasteiger partial charge in [-0.15, -0.1) is 0 Å². The van der Waals surface area contributed by atoms with Crippen molar-refractivity contribution in [3.8, 4) is 11.5 Å². The summed E-state index contributed by atoms with van der Waals surface area (Å²) in [6.07, 6.45) is 1.48. The van der Waals surface area contributed by atoms with Gasteiger partial charge in [0.2, 0.25) is 11.9 Å². The highest BCUT2D eigenvalue weighted by atomic mass is 16.5. The number of carbonyl (C=O) groups excluding carboxylic acids is 1. The number of methoxy groups -OCH3 is 2. The van der Waals surface area contributed by atoms with Crippen LogP contribution in [0.1, 0.15) is 18.5 Å². The van der Waals surface area contributed by atoms with Crippen LogP contribution in [0.5, 0.6) is 11.5 Å². The monoisotopic (exact) mass is 393 g/mol. The molecule has 0 saturated carbocycles. The second-order valence-corrected chi connectivity index (χ2v) is 6.90. The number of fused-ring (bicyclic) bond motifs is 1. The summed E-state index contributed by atoms with van der Waals surface area (Å²) in [6, 6.07) is 14.3. The fourth-order valence-corrected chi connectivity index (χ4v) is 3.79. The Labute approximate surface area is 168 Å². The molecule has 1 amide bonds. The van der Waals surface area contributed by atoms with Gasteiger partial charge < -0.3 is 20.1 Å². The zero-order chi connectivity index (χ0) is 20.4. The average molecular weight is 393 g/mol. The van der Waals surface area contributed by atoms with Crippen LogP contribution < -0.4 is 20.1 Å². The van der Waals surface area contributed by atoms with Crippen LogP contribution in [0.3, 0.4) is 0 Å². The summed E-state index contributed by atoms with van der Waals surface area (Å²) in [5.41, 5.74) is 1.55. The number of para-hydroxylation sites is 1. The minimum absolute atomic E-state index is 0.118. The van der Waals surface area contributed by atoms with Crippen molar-refractivity contribution >= 4 is 17.5 Å². The van der Waals surface area contributed by atoms with Gasteiger partial charge in [-0.05, 0) is 37.3 Å². The molecule has 4 rings (SSSR count). The Bertz CT molecular complexity index is 1000. The van der Waals surface area contributed by atoms with Crippen LogP contribution in [0, 0.1) is 5.92 Å². The first kappa shape index (κ1) is 18.8. The van der Waals surface area contributed by atoms with Gasteiger partial charge in [-0.3, -0.25) is 4.79 Å². The molecule has 3 atom stereocenters. The molecule has 2 heterocycles. The number of anilines is 2. The van der Waals surface area contributed by atoms with Gasteiger partial charge in [0.15, 0.2) is 0 Å². The summed E-state index contributed by atoms with van der Waals surface area (Å²) in [5.74, 6) is 1.36. The number of ether oxygens (including phenoxy) is 2. The fraction of sp³-hybridized carbons (Fsp3) is 0.286. The van der Waals surface area contributed by atoms with E-state index < -0.39 is 12.0 Å². The third kappa shape index (κ3) is 3.49. The minimum Gasteiger partial charge on any atom is -0.497 e. The molecule has 0 fully saturated rings. The van der Waals surface area contributed by atoms with E-state index in [1.165, 1.54) is 6.33 Å². The van der Waals surface area contributed by atoms with E-state index in [0.29, 0.717) is 17.4 Å². The molecule has 1 aliphatic rings. The van der Waals surface area contributed by atoms with Gasteiger partial charge in [-0.1, -0.05) is 18.2 Å². The van der Waals surface area contributed by atoms with E-state index >= 15 is 0 Å². The first-order valence-electron chi connectivity index (χ1n) is 9.36. The maximum atomic E-state index is 13.4. The second kappa shape index (κ2) is 7.83. The van der Waals surface area contributed by atoms with Gasteiger partial charge in [0.1, 0.15) is 17.8 Å². The Morgan fingerprint density at radius 1 is 1.14 bits per heavy atom. The number of rotatable bonds is 5. The molecule has 150 valence electrons. The van der Waals surface area contributed by atoms with Crippen LogP contribution in [-0.2, 0) is 4.79 Å². The first-order chi connectivity index (χ1) is 14.1. The molecule has 29 heavy (non-hydrogen) atoms. The minimum atomic E-state index is -0.467. The lowest BCUT2D eigenvalue weighted by Gasteiger charge is -2.37. The van der Waals surface area contributed by atoms with E-state index in [9.17, 15) is 4.79 Å². The average Bonchev–Trinajstić information content (AvgIpc) is 3.20. The summed E-state index contributed by atoms with van der Waals surface area (Å²) >= 11 is 0. The van der Waals surface area contributed by atoms with Crippen LogP contribution in [0.15, 0.2) is 54.9 Å².